The molecule has 1 aliphatic carbocycles. The van der Waals surface area contributed by atoms with Crippen LogP contribution in [0.2, 0.25) is 5.02 Å². The fourth-order valence-corrected chi connectivity index (χ4v) is 4.80. The van der Waals surface area contributed by atoms with Gasteiger partial charge in [0.15, 0.2) is 0 Å². The summed E-state index contributed by atoms with van der Waals surface area (Å²) < 4.78 is 50.7. The summed E-state index contributed by atoms with van der Waals surface area (Å²) >= 11 is 6.01. The first-order chi connectivity index (χ1) is 21.2. The number of amides is 3. The molecule has 46 heavy (non-hydrogen) atoms. The minimum Gasteiger partial charge on any atom is -0.497 e. The monoisotopic (exact) mass is 671 g/mol. The SMILES string of the molecule is COC1=CC[C@@](C)([C@H](NC(=O)[C@H](CCC(=O)OC(C)(C)C)NC(=O)c2cccc(Cl)c2)C(=O)N[C@H](C(=O)C(F)(F)F)C(C)C)C=C1. The molecule has 1 aromatic carbocycles. The molecule has 3 N–H and O–H groups in total. The molecule has 0 bridgehead atoms. The highest BCUT2D eigenvalue weighted by Crippen LogP contribution is 2.34. The second-order valence-electron chi connectivity index (χ2n) is 12.5. The van der Waals surface area contributed by atoms with Crippen molar-refractivity contribution in [1.29, 1.82) is 0 Å². The van der Waals surface area contributed by atoms with Crippen LogP contribution in [-0.4, -0.2) is 66.5 Å². The largest absolute Gasteiger partial charge is 0.497 e. The number of carbonyl (C=O) groups is 5. The molecule has 1 aliphatic rings. The summed E-state index contributed by atoms with van der Waals surface area (Å²) in [4.78, 5) is 65.3. The number of esters is 1. The van der Waals surface area contributed by atoms with Gasteiger partial charge in [-0.25, -0.2) is 0 Å². The van der Waals surface area contributed by atoms with Crippen LogP contribution in [0.5, 0.6) is 0 Å². The lowest BCUT2D eigenvalue weighted by Crippen LogP contribution is -2.62. The summed E-state index contributed by atoms with van der Waals surface area (Å²) in [5.74, 6) is -5.95. The van der Waals surface area contributed by atoms with E-state index in [0.717, 1.165) is 0 Å². The number of hydrogen-bond donors (Lipinski definition) is 3. The Kier molecular flexibility index (Phi) is 13.0. The van der Waals surface area contributed by atoms with E-state index in [2.05, 4.69) is 16.0 Å². The van der Waals surface area contributed by atoms with Crippen molar-refractivity contribution in [3.05, 3.63) is 58.8 Å². The van der Waals surface area contributed by atoms with Crippen LogP contribution in [0.4, 0.5) is 13.2 Å². The van der Waals surface area contributed by atoms with Crippen LogP contribution in [0.3, 0.4) is 0 Å². The summed E-state index contributed by atoms with van der Waals surface area (Å²) in [6.07, 6.45) is -0.916. The van der Waals surface area contributed by atoms with Crippen molar-refractivity contribution < 1.29 is 46.6 Å². The van der Waals surface area contributed by atoms with E-state index in [4.69, 9.17) is 21.1 Å². The number of carbonyl (C=O) groups excluding carboxylic acids is 5. The third-order valence-corrected chi connectivity index (χ3v) is 7.34. The number of ether oxygens (including phenoxy) is 2. The van der Waals surface area contributed by atoms with Crippen LogP contribution in [0.15, 0.2) is 48.3 Å². The van der Waals surface area contributed by atoms with Crippen molar-refractivity contribution >= 4 is 41.1 Å². The summed E-state index contributed by atoms with van der Waals surface area (Å²) in [5.41, 5.74) is -1.92. The molecule has 0 saturated carbocycles. The molecule has 10 nitrogen and oxygen atoms in total. The number of methoxy groups -OCH3 is 1. The first kappa shape index (κ1) is 38.3. The fourth-order valence-electron chi connectivity index (χ4n) is 4.61. The van der Waals surface area contributed by atoms with Crippen LogP contribution in [-0.2, 0) is 28.7 Å². The number of alkyl halides is 3. The van der Waals surface area contributed by atoms with Gasteiger partial charge in [0.2, 0.25) is 11.8 Å². The summed E-state index contributed by atoms with van der Waals surface area (Å²) in [5, 5.41) is 7.55. The minimum absolute atomic E-state index is 0.113. The van der Waals surface area contributed by atoms with Crippen LogP contribution in [0.25, 0.3) is 0 Å². The third-order valence-electron chi connectivity index (χ3n) is 7.11. The zero-order valence-electron chi connectivity index (χ0n) is 26.8. The van der Waals surface area contributed by atoms with Crippen molar-refractivity contribution in [2.45, 2.75) is 90.7 Å². The molecule has 2 rings (SSSR count). The average Bonchev–Trinajstić information content (AvgIpc) is 2.94. The molecule has 3 amide bonds. The van der Waals surface area contributed by atoms with Gasteiger partial charge < -0.3 is 25.4 Å². The highest BCUT2D eigenvalue weighted by Gasteiger charge is 2.47. The van der Waals surface area contributed by atoms with Crippen LogP contribution in [0, 0.1) is 11.3 Å². The molecule has 0 heterocycles. The number of ketones is 1. The van der Waals surface area contributed by atoms with Gasteiger partial charge in [0.05, 0.1) is 13.2 Å². The summed E-state index contributed by atoms with van der Waals surface area (Å²) in [7, 11) is 1.43. The molecule has 0 saturated heterocycles. The van der Waals surface area contributed by atoms with Crippen molar-refractivity contribution in [3.8, 4) is 0 Å². The number of nitrogens with one attached hydrogen (secondary N) is 3. The van der Waals surface area contributed by atoms with Gasteiger partial charge in [-0.3, -0.25) is 24.0 Å². The minimum atomic E-state index is -5.22. The lowest BCUT2D eigenvalue weighted by Gasteiger charge is -2.37. The van der Waals surface area contributed by atoms with Crippen molar-refractivity contribution in [2.24, 2.45) is 11.3 Å². The molecule has 14 heteroatoms. The van der Waals surface area contributed by atoms with E-state index in [1.54, 1.807) is 45.9 Å². The fraction of sp³-hybridized carbons (Fsp3) is 0.531. The predicted molar refractivity (Wildman–Crippen MR) is 165 cm³/mol. The van der Waals surface area contributed by atoms with Crippen molar-refractivity contribution in [2.75, 3.05) is 7.11 Å². The van der Waals surface area contributed by atoms with Gasteiger partial charge in [0.25, 0.3) is 11.7 Å². The number of benzene rings is 1. The van der Waals surface area contributed by atoms with Crippen LogP contribution < -0.4 is 16.0 Å². The molecular weight excluding hydrogens is 631 g/mol. The number of Topliss-reactive ketones (excluding diaryl/α,β-unsaturated/α-hetero) is 1. The van der Waals surface area contributed by atoms with Crippen molar-refractivity contribution in [1.82, 2.24) is 16.0 Å². The molecule has 0 spiro atoms. The Morgan fingerprint density at radius 2 is 1.67 bits per heavy atom. The zero-order chi connectivity index (χ0) is 35.0. The van der Waals surface area contributed by atoms with Gasteiger partial charge in [-0.1, -0.05) is 44.5 Å². The van der Waals surface area contributed by atoms with Gasteiger partial charge in [0, 0.05) is 22.4 Å². The smallest absolute Gasteiger partial charge is 0.452 e. The first-order valence-electron chi connectivity index (χ1n) is 14.6. The molecular formula is C32H41ClF3N3O7. The molecule has 0 unspecified atom stereocenters. The number of rotatable bonds is 13. The van der Waals surface area contributed by atoms with E-state index in [0.29, 0.717) is 5.76 Å². The molecule has 0 fully saturated rings. The average molecular weight is 672 g/mol. The van der Waals surface area contributed by atoms with E-state index in [-0.39, 0.29) is 29.8 Å². The molecule has 4 atom stereocenters. The maximum Gasteiger partial charge on any atom is 0.452 e. The Labute approximate surface area is 271 Å². The maximum absolute atomic E-state index is 13.8. The van der Waals surface area contributed by atoms with Gasteiger partial charge >= 0.3 is 12.1 Å². The first-order valence-corrected chi connectivity index (χ1v) is 15.0. The maximum atomic E-state index is 13.8. The van der Waals surface area contributed by atoms with Crippen molar-refractivity contribution in [3.63, 3.8) is 0 Å². The quantitative estimate of drug-likeness (QED) is 0.256. The second-order valence-corrected chi connectivity index (χ2v) is 13.0. The standard InChI is InChI=1S/C32H41ClF3N3O7/c1-18(2)24(26(41)32(34,35)36)38-29(44)25(31(6)15-13-21(45-7)14-16-31)39-28(43)22(11-12-23(40)46-30(3,4)5)37-27(42)19-9-8-10-20(33)17-19/h8-10,13-15,17-18,22,24-25H,11-12,16H2,1-7H3,(H,37,42)(H,38,44)(H,39,43)/t22-,24-,25+,31-/m0/s1. The van der Waals surface area contributed by atoms with Gasteiger partial charge in [-0.2, -0.15) is 13.2 Å². The van der Waals surface area contributed by atoms with Crippen LogP contribution in [0.1, 0.15) is 71.2 Å². The molecule has 0 radical (unpaired) electrons. The Bertz CT molecular complexity index is 1370. The topological polar surface area (TPSA) is 140 Å². The second kappa shape index (κ2) is 15.6. The Morgan fingerprint density at radius 1 is 1.02 bits per heavy atom. The molecule has 254 valence electrons. The highest BCUT2D eigenvalue weighted by atomic mass is 35.5. The van der Waals surface area contributed by atoms with E-state index < -0.39 is 70.7 Å². The number of halogens is 4. The van der Waals surface area contributed by atoms with E-state index in [1.807, 2.05) is 0 Å². The zero-order valence-corrected chi connectivity index (χ0v) is 27.6. The van der Waals surface area contributed by atoms with E-state index >= 15 is 0 Å². The Balaban J connectivity index is 2.46. The predicted octanol–water partition coefficient (Wildman–Crippen LogP) is 4.81. The lowest BCUT2D eigenvalue weighted by atomic mass is 9.75. The molecule has 0 aliphatic heterocycles. The summed E-state index contributed by atoms with van der Waals surface area (Å²) in [6.45, 7) is 9.26. The van der Waals surface area contributed by atoms with E-state index in [9.17, 15) is 37.1 Å². The molecule has 1 aromatic rings. The highest BCUT2D eigenvalue weighted by molar-refractivity contribution is 6.31. The van der Waals surface area contributed by atoms with Gasteiger partial charge in [-0.05, 0) is 69.9 Å². The number of allylic oxidation sites excluding steroid dienone is 2. The summed E-state index contributed by atoms with van der Waals surface area (Å²) in [6, 6.07) is 1.04. The van der Waals surface area contributed by atoms with Crippen LogP contribution >= 0.6 is 11.6 Å². The Hall–Kier alpha value is -3.87. The van der Waals surface area contributed by atoms with E-state index in [1.165, 1.54) is 45.2 Å². The normalized spacial score (nSPS) is 18.5. The Morgan fingerprint density at radius 3 is 2.17 bits per heavy atom. The molecule has 0 aromatic heterocycles. The van der Waals surface area contributed by atoms with Gasteiger partial charge in [0.1, 0.15) is 23.4 Å². The van der Waals surface area contributed by atoms with Gasteiger partial charge in [-0.15, -0.1) is 0 Å². The third kappa shape index (κ3) is 11.2. The number of hydrogen-bond acceptors (Lipinski definition) is 7. The lowest BCUT2D eigenvalue weighted by molar-refractivity contribution is -0.175.